The third-order valence-corrected chi connectivity index (χ3v) is 3.51. The molecule has 0 saturated carbocycles. The number of hydrogen-bond donors (Lipinski definition) is 1. The Morgan fingerprint density at radius 3 is 2.21 bits per heavy atom. The Morgan fingerprint density at radius 2 is 1.62 bits per heavy atom. The van der Waals surface area contributed by atoms with Crippen molar-refractivity contribution in [1.82, 2.24) is 0 Å². The molecule has 0 bridgehead atoms. The minimum absolute atomic E-state index is 0.119. The van der Waals surface area contributed by atoms with Gasteiger partial charge in [-0.3, -0.25) is 0 Å². The van der Waals surface area contributed by atoms with Crippen LogP contribution in [-0.2, 0) is 11.2 Å². The van der Waals surface area contributed by atoms with Crippen LogP contribution in [-0.4, -0.2) is 38.5 Å². The number of benzene rings is 2. The van der Waals surface area contributed by atoms with Gasteiger partial charge in [-0.1, -0.05) is 12.1 Å². The molecule has 0 heterocycles. The second-order valence-corrected chi connectivity index (χ2v) is 4.98. The average molecular weight is 332 g/mol. The third-order valence-electron chi connectivity index (χ3n) is 3.51. The first-order chi connectivity index (χ1) is 11.6. The minimum Gasteiger partial charge on any atom is -0.497 e. The van der Waals surface area contributed by atoms with Crippen molar-refractivity contribution < 1.29 is 28.8 Å². The van der Waals surface area contributed by atoms with Crippen LogP contribution in [0.5, 0.6) is 23.0 Å². The van der Waals surface area contributed by atoms with Crippen LogP contribution in [0.25, 0.3) is 0 Å². The molecule has 0 aliphatic rings. The molecule has 1 atom stereocenters. The van der Waals surface area contributed by atoms with Crippen molar-refractivity contribution in [1.29, 1.82) is 0 Å². The average Bonchev–Trinajstić information content (AvgIpc) is 2.61. The molecule has 0 saturated heterocycles. The highest BCUT2D eigenvalue weighted by atomic mass is 16.5. The predicted octanol–water partition coefficient (Wildman–Crippen LogP) is 2.79. The molecule has 128 valence electrons. The largest absolute Gasteiger partial charge is 0.497 e. The van der Waals surface area contributed by atoms with Gasteiger partial charge in [0.25, 0.3) is 0 Å². The minimum atomic E-state index is -1.10. The van der Waals surface area contributed by atoms with Crippen molar-refractivity contribution in [3.63, 3.8) is 0 Å². The number of ether oxygens (including phenoxy) is 4. The summed E-state index contributed by atoms with van der Waals surface area (Å²) < 4.78 is 21.3. The highest BCUT2D eigenvalue weighted by molar-refractivity contribution is 5.73. The van der Waals surface area contributed by atoms with E-state index in [1.807, 2.05) is 0 Å². The maximum Gasteiger partial charge on any atom is 0.345 e. The molecule has 0 fully saturated rings. The van der Waals surface area contributed by atoms with Crippen LogP contribution < -0.4 is 18.9 Å². The van der Waals surface area contributed by atoms with E-state index in [2.05, 4.69) is 0 Å². The number of aliphatic carboxylic acids is 1. The Labute approximate surface area is 140 Å². The van der Waals surface area contributed by atoms with E-state index < -0.39 is 12.1 Å². The summed E-state index contributed by atoms with van der Waals surface area (Å²) in [5, 5.41) is 9.51. The Bertz CT molecular complexity index is 698. The number of rotatable bonds is 8. The molecule has 6 heteroatoms. The first kappa shape index (κ1) is 17.5. The molecule has 0 spiro atoms. The van der Waals surface area contributed by atoms with Gasteiger partial charge in [-0.2, -0.15) is 0 Å². The lowest BCUT2D eigenvalue weighted by atomic mass is 10.1. The van der Waals surface area contributed by atoms with Crippen molar-refractivity contribution in [2.75, 3.05) is 21.3 Å². The van der Waals surface area contributed by atoms with E-state index >= 15 is 0 Å². The summed E-state index contributed by atoms with van der Waals surface area (Å²) in [6.45, 7) is 0. The summed E-state index contributed by atoms with van der Waals surface area (Å²) in [4.78, 5) is 11.6. The topological polar surface area (TPSA) is 74.2 Å². The van der Waals surface area contributed by atoms with Crippen LogP contribution >= 0.6 is 0 Å². The van der Waals surface area contributed by atoms with Crippen LogP contribution in [0.1, 0.15) is 5.56 Å². The molecular weight excluding hydrogens is 312 g/mol. The molecule has 0 amide bonds. The Hall–Kier alpha value is -2.89. The van der Waals surface area contributed by atoms with Gasteiger partial charge in [-0.05, 0) is 30.3 Å². The van der Waals surface area contributed by atoms with Crippen LogP contribution in [0, 0.1) is 0 Å². The summed E-state index contributed by atoms with van der Waals surface area (Å²) in [7, 11) is 4.58. The molecule has 0 radical (unpaired) electrons. The third kappa shape index (κ3) is 4.10. The number of methoxy groups -OCH3 is 3. The summed E-state index contributed by atoms with van der Waals surface area (Å²) >= 11 is 0. The zero-order valence-electron chi connectivity index (χ0n) is 13.8. The van der Waals surface area contributed by atoms with Gasteiger partial charge in [0.15, 0.2) is 17.6 Å². The number of carboxylic acids is 1. The van der Waals surface area contributed by atoms with E-state index in [-0.39, 0.29) is 6.42 Å². The molecule has 2 aromatic carbocycles. The fraction of sp³-hybridized carbons (Fsp3) is 0.278. The van der Waals surface area contributed by atoms with Gasteiger partial charge >= 0.3 is 5.97 Å². The maximum atomic E-state index is 11.6. The molecule has 2 aromatic rings. The fourth-order valence-corrected chi connectivity index (χ4v) is 2.29. The molecule has 1 unspecified atom stereocenters. The van der Waals surface area contributed by atoms with Gasteiger partial charge in [0, 0.05) is 12.0 Å². The van der Waals surface area contributed by atoms with E-state index in [1.165, 1.54) is 14.2 Å². The molecule has 0 aliphatic carbocycles. The van der Waals surface area contributed by atoms with Crippen LogP contribution in [0.3, 0.4) is 0 Å². The molecule has 0 aromatic heterocycles. The summed E-state index contributed by atoms with van der Waals surface area (Å²) in [5.41, 5.74) is 0.680. The highest BCUT2D eigenvalue weighted by Crippen LogP contribution is 2.30. The first-order valence-electron chi connectivity index (χ1n) is 7.32. The smallest absolute Gasteiger partial charge is 0.345 e. The standard InChI is InChI=1S/C18H20O6/c1-21-13-8-9-14(22-2)12(10-13)11-17(18(19)20)24-16-7-5-4-6-15(16)23-3/h4-10,17H,11H2,1-3H3,(H,19,20). The summed E-state index contributed by atoms with van der Waals surface area (Å²) in [6, 6.07) is 12.1. The van der Waals surface area contributed by atoms with Crippen molar-refractivity contribution in [3.05, 3.63) is 48.0 Å². The summed E-state index contributed by atoms with van der Waals surface area (Å²) in [6.07, 6.45) is -0.976. The lowest BCUT2D eigenvalue weighted by molar-refractivity contribution is -0.145. The van der Waals surface area contributed by atoms with E-state index in [9.17, 15) is 9.90 Å². The van der Waals surface area contributed by atoms with Gasteiger partial charge < -0.3 is 24.1 Å². The fourth-order valence-electron chi connectivity index (χ4n) is 2.29. The van der Waals surface area contributed by atoms with E-state index in [4.69, 9.17) is 18.9 Å². The second-order valence-electron chi connectivity index (χ2n) is 4.98. The number of carboxylic acid groups (broad SMARTS) is 1. The molecule has 0 aliphatic heterocycles. The van der Waals surface area contributed by atoms with Gasteiger partial charge in [-0.15, -0.1) is 0 Å². The van der Waals surface area contributed by atoms with Crippen molar-refractivity contribution in [3.8, 4) is 23.0 Å². The number of carbonyl (C=O) groups is 1. The van der Waals surface area contributed by atoms with Gasteiger partial charge in [0.05, 0.1) is 21.3 Å². The van der Waals surface area contributed by atoms with Crippen molar-refractivity contribution in [2.45, 2.75) is 12.5 Å². The summed E-state index contributed by atoms with van der Waals surface area (Å²) in [5.74, 6) is 0.958. The quantitative estimate of drug-likeness (QED) is 0.801. The number of hydrogen-bond acceptors (Lipinski definition) is 5. The van der Waals surface area contributed by atoms with E-state index in [1.54, 1.807) is 49.6 Å². The second kappa shape index (κ2) is 8.10. The zero-order chi connectivity index (χ0) is 17.5. The molecule has 1 N–H and O–H groups in total. The Morgan fingerprint density at radius 1 is 0.958 bits per heavy atom. The van der Waals surface area contributed by atoms with Crippen LogP contribution in [0.4, 0.5) is 0 Å². The highest BCUT2D eigenvalue weighted by Gasteiger charge is 2.23. The van der Waals surface area contributed by atoms with Crippen molar-refractivity contribution in [2.24, 2.45) is 0 Å². The first-order valence-corrected chi connectivity index (χ1v) is 7.32. The van der Waals surface area contributed by atoms with E-state index in [0.717, 1.165) is 0 Å². The zero-order valence-corrected chi connectivity index (χ0v) is 13.8. The Kier molecular flexibility index (Phi) is 5.89. The lowest BCUT2D eigenvalue weighted by Crippen LogP contribution is -2.29. The Balaban J connectivity index is 2.28. The normalized spacial score (nSPS) is 11.5. The monoisotopic (exact) mass is 332 g/mol. The maximum absolute atomic E-state index is 11.6. The molecule has 6 nitrogen and oxygen atoms in total. The molecular formula is C18H20O6. The number of para-hydroxylation sites is 2. The lowest BCUT2D eigenvalue weighted by Gasteiger charge is -2.18. The molecule has 2 rings (SSSR count). The predicted molar refractivity (Wildman–Crippen MR) is 88.3 cm³/mol. The van der Waals surface area contributed by atoms with Gasteiger partial charge in [0.1, 0.15) is 11.5 Å². The van der Waals surface area contributed by atoms with Gasteiger partial charge in [0.2, 0.25) is 0 Å². The van der Waals surface area contributed by atoms with Crippen LogP contribution in [0.15, 0.2) is 42.5 Å². The van der Waals surface area contributed by atoms with Crippen molar-refractivity contribution >= 4 is 5.97 Å². The SMILES string of the molecule is COc1ccc(OC)c(CC(Oc2ccccc2OC)C(=O)O)c1. The van der Waals surface area contributed by atoms with E-state index in [0.29, 0.717) is 28.6 Å². The van der Waals surface area contributed by atoms with Crippen LogP contribution in [0.2, 0.25) is 0 Å². The molecule has 24 heavy (non-hydrogen) atoms. The van der Waals surface area contributed by atoms with Gasteiger partial charge in [-0.25, -0.2) is 4.79 Å².